The summed E-state index contributed by atoms with van der Waals surface area (Å²) in [5, 5.41) is 15.6. The summed E-state index contributed by atoms with van der Waals surface area (Å²) in [6.07, 6.45) is 18.3. The molecule has 6 rings (SSSR count). The molecule has 2 aromatic heterocycles. The SMILES string of the molecule is CCc1c2c(nn1C)COCCCCn1c(C(=O)O)c(CCCOc3cccc4c3CCCC4)c3c1/C2=C\CCCC=C3. The van der Waals surface area contributed by atoms with E-state index in [-0.39, 0.29) is 0 Å². The molecule has 7 heteroatoms. The molecule has 0 radical (unpaired) electrons. The average Bonchev–Trinajstić information content (AvgIpc) is 3.51. The number of fused-ring (bicyclic) bond motifs is 3. The van der Waals surface area contributed by atoms with Crippen LogP contribution in [0.3, 0.4) is 0 Å². The molecule has 1 aliphatic heterocycles. The summed E-state index contributed by atoms with van der Waals surface area (Å²) in [6.45, 7) is 4.46. The van der Waals surface area contributed by atoms with Crippen LogP contribution in [0.15, 0.2) is 30.4 Å². The van der Waals surface area contributed by atoms with E-state index in [2.05, 4.69) is 47.9 Å². The molecule has 1 aromatic carbocycles. The zero-order chi connectivity index (χ0) is 29.8. The average molecular weight is 584 g/mol. The van der Waals surface area contributed by atoms with Gasteiger partial charge in [-0.1, -0.05) is 37.3 Å². The zero-order valence-corrected chi connectivity index (χ0v) is 25.8. The van der Waals surface area contributed by atoms with Crippen LogP contribution in [0.4, 0.5) is 0 Å². The lowest BCUT2D eigenvalue weighted by Crippen LogP contribution is -2.14. The van der Waals surface area contributed by atoms with Gasteiger partial charge in [0.1, 0.15) is 11.4 Å². The maximum absolute atomic E-state index is 13.1. The smallest absolute Gasteiger partial charge is 0.352 e. The van der Waals surface area contributed by atoms with Crippen LogP contribution in [0.25, 0.3) is 11.6 Å². The summed E-state index contributed by atoms with van der Waals surface area (Å²) in [5.74, 6) is 0.136. The monoisotopic (exact) mass is 583 g/mol. The second-order valence-corrected chi connectivity index (χ2v) is 12.1. The number of carboxylic acid groups (broad SMARTS) is 1. The molecule has 1 N–H and O–H groups in total. The van der Waals surface area contributed by atoms with Gasteiger partial charge in [0, 0.05) is 42.6 Å². The zero-order valence-electron chi connectivity index (χ0n) is 25.8. The summed E-state index contributed by atoms with van der Waals surface area (Å²) in [6, 6.07) is 6.42. The molecule has 0 fully saturated rings. The van der Waals surface area contributed by atoms with E-state index in [9.17, 15) is 9.90 Å². The Kier molecular flexibility index (Phi) is 9.17. The molecule has 7 nitrogen and oxygen atoms in total. The second-order valence-electron chi connectivity index (χ2n) is 12.1. The number of nitrogens with zero attached hydrogens (tertiary/aromatic N) is 3. The van der Waals surface area contributed by atoms with Crippen molar-refractivity contribution in [1.82, 2.24) is 14.3 Å². The maximum atomic E-state index is 13.1. The molecular formula is C36H45N3O4. The largest absolute Gasteiger partial charge is 0.493 e. The first-order chi connectivity index (χ1) is 21.1. The fourth-order valence-corrected chi connectivity index (χ4v) is 7.28. The van der Waals surface area contributed by atoms with Gasteiger partial charge in [-0.25, -0.2) is 4.79 Å². The van der Waals surface area contributed by atoms with Crippen LogP contribution < -0.4 is 4.74 Å². The predicted octanol–water partition coefficient (Wildman–Crippen LogP) is 7.31. The van der Waals surface area contributed by atoms with Gasteiger partial charge in [0.2, 0.25) is 0 Å². The number of carboxylic acids is 1. The number of carbonyl (C=O) groups is 1. The highest BCUT2D eigenvalue weighted by atomic mass is 16.5. The molecule has 0 bridgehead atoms. The van der Waals surface area contributed by atoms with Crippen molar-refractivity contribution in [3.8, 4) is 5.75 Å². The fraction of sp³-hybridized carbons (Fsp3) is 0.500. The highest BCUT2D eigenvalue weighted by Crippen LogP contribution is 2.39. The molecule has 0 saturated carbocycles. The van der Waals surface area contributed by atoms with E-state index in [1.165, 1.54) is 24.0 Å². The standard InChI is InChI=1S/C36H45N3O4/c1-3-31-33-29-18-7-5-4-6-17-27-28(19-13-23-43-32-20-12-15-25-14-8-9-16-26(25)32)35(36(40)41)39(34(27)29)21-10-11-22-42-24-30(33)37-38(31)2/h6,12,15,17-18,20H,3-5,7-11,13-14,16,19,21-24H2,1-2H3,(H,40,41)/b17-6?,29-18-. The minimum Gasteiger partial charge on any atom is -0.493 e. The van der Waals surface area contributed by atoms with E-state index in [0.29, 0.717) is 38.5 Å². The van der Waals surface area contributed by atoms with Gasteiger partial charge in [-0.05, 0) is 99.8 Å². The van der Waals surface area contributed by atoms with E-state index < -0.39 is 5.97 Å². The predicted molar refractivity (Wildman–Crippen MR) is 170 cm³/mol. The molecule has 2 aliphatic carbocycles. The van der Waals surface area contributed by atoms with Gasteiger partial charge in [-0.2, -0.15) is 5.10 Å². The van der Waals surface area contributed by atoms with Gasteiger partial charge >= 0.3 is 5.97 Å². The molecule has 0 spiro atoms. The molecular weight excluding hydrogens is 538 g/mol. The fourth-order valence-electron chi connectivity index (χ4n) is 7.28. The van der Waals surface area contributed by atoms with Crippen molar-refractivity contribution < 1.29 is 19.4 Å². The van der Waals surface area contributed by atoms with Crippen molar-refractivity contribution in [1.29, 1.82) is 0 Å². The van der Waals surface area contributed by atoms with Gasteiger partial charge in [0.25, 0.3) is 0 Å². The number of hydrogen-bond acceptors (Lipinski definition) is 4. The highest BCUT2D eigenvalue weighted by molar-refractivity contribution is 5.94. The van der Waals surface area contributed by atoms with Gasteiger partial charge in [-0.3, -0.25) is 4.68 Å². The van der Waals surface area contributed by atoms with Crippen LogP contribution in [0.1, 0.15) is 114 Å². The molecule has 228 valence electrons. The summed E-state index contributed by atoms with van der Waals surface area (Å²) in [7, 11) is 2.01. The Morgan fingerprint density at radius 2 is 2.00 bits per heavy atom. The second kappa shape index (κ2) is 13.4. The number of hydrogen-bond donors (Lipinski definition) is 1. The van der Waals surface area contributed by atoms with Crippen LogP contribution in [0.5, 0.6) is 5.75 Å². The van der Waals surface area contributed by atoms with Crippen molar-refractivity contribution in [3.05, 3.63) is 80.9 Å². The van der Waals surface area contributed by atoms with Crippen molar-refractivity contribution in [3.63, 3.8) is 0 Å². The van der Waals surface area contributed by atoms with Crippen molar-refractivity contribution in [2.24, 2.45) is 7.05 Å². The number of aromatic carboxylic acids is 1. The minimum absolute atomic E-state index is 0.418. The van der Waals surface area contributed by atoms with Crippen molar-refractivity contribution in [2.45, 2.75) is 97.1 Å². The summed E-state index contributed by atoms with van der Waals surface area (Å²) in [4.78, 5) is 13.1. The Morgan fingerprint density at radius 1 is 1.12 bits per heavy atom. The summed E-state index contributed by atoms with van der Waals surface area (Å²) in [5.41, 5.74) is 10.5. The third-order valence-electron chi connectivity index (χ3n) is 9.26. The topological polar surface area (TPSA) is 78.5 Å². The van der Waals surface area contributed by atoms with E-state index >= 15 is 0 Å². The molecule has 0 saturated heterocycles. The first kappa shape index (κ1) is 29.5. The number of aromatic nitrogens is 3. The van der Waals surface area contributed by atoms with Crippen LogP contribution in [-0.2, 0) is 50.6 Å². The lowest BCUT2D eigenvalue weighted by molar-refractivity contribution is 0.0683. The van der Waals surface area contributed by atoms with E-state index in [1.54, 1.807) is 0 Å². The van der Waals surface area contributed by atoms with Crippen molar-refractivity contribution >= 4 is 17.6 Å². The molecule has 3 aromatic rings. The highest BCUT2D eigenvalue weighted by Gasteiger charge is 2.31. The molecule has 3 heterocycles. The Labute approximate surface area is 255 Å². The Hall–Kier alpha value is -3.58. The van der Waals surface area contributed by atoms with Gasteiger partial charge in [0.15, 0.2) is 0 Å². The summed E-state index contributed by atoms with van der Waals surface area (Å²) < 4.78 is 16.5. The van der Waals surface area contributed by atoms with Crippen LogP contribution in [0, 0.1) is 0 Å². The first-order valence-electron chi connectivity index (χ1n) is 16.3. The lowest BCUT2D eigenvalue weighted by atomic mass is 9.91. The Morgan fingerprint density at radius 3 is 2.86 bits per heavy atom. The van der Waals surface area contributed by atoms with Gasteiger partial charge in [-0.15, -0.1) is 0 Å². The van der Waals surface area contributed by atoms with Gasteiger partial charge in [0.05, 0.1) is 24.6 Å². The van der Waals surface area contributed by atoms with Crippen LogP contribution in [0.2, 0.25) is 0 Å². The van der Waals surface area contributed by atoms with Gasteiger partial charge < -0.3 is 19.1 Å². The Balaban J connectivity index is 1.42. The number of ether oxygens (including phenoxy) is 2. The molecule has 0 unspecified atom stereocenters. The minimum atomic E-state index is -0.862. The molecule has 43 heavy (non-hydrogen) atoms. The first-order valence-corrected chi connectivity index (χ1v) is 16.3. The van der Waals surface area contributed by atoms with E-state index in [0.717, 1.165) is 103 Å². The lowest BCUT2D eigenvalue weighted by Gasteiger charge is -2.19. The van der Waals surface area contributed by atoms with E-state index in [1.807, 2.05) is 11.7 Å². The number of aryl methyl sites for hydroxylation is 2. The van der Waals surface area contributed by atoms with E-state index in [4.69, 9.17) is 14.6 Å². The van der Waals surface area contributed by atoms with Crippen LogP contribution >= 0.6 is 0 Å². The van der Waals surface area contributed by atoms with Crippen molar-refractivity contribution in [2.75, 3.05) is 13.2 Å². The third-order valence-corrected chi connectivity index (χ3v) is 9.26. The number of allylic oxidation sites excluding steroid dienone is 2. The Bertz CT molecular complexity index is 1540. The molecule has 0 amide bonds. The maximum Gasteiger partial charge on any atom is 0.352 e. The molecule has 0 atom stereocenters. The quantitative estimate of drug-likeness (QED) is 0.295. The normalized spacial score (nSPS) is 18.1. The van der Waals surface area contributed by atoms with Crippen LogP contribution in [-0.4, -0.2) is 38.6 Å². The third kappa shape index (κ3) is 5.97. The number of benzene rings is 1. The summed E-state index contributed by atoms with van der Waals surface area (Å²) >= 11 is 0. The number of rotatable bonds is 7. The molecule has 3 aliphatic rings.